The molecular weight excluding hydrogens is 521 g/mol. The van der Waals surface area contributed by atoms with Crippen LogP contribution in [0.15, 0.2) is 46.8 Å². The highest BCUT2D eigenvalue weighted by Crippen LogP contribution is 2.39. The number of pyridine rings is 2. The van der Waals surface area contributed by atoms with E-state index >= 15 is 0 Å². The highest BCUT2D eigenvalue weighted by Gasteiger charge is 2.34. The van der Waals surface area contributed by atoms with Gasteiger partial charge in [-0.2, -0.15) is 13.2 Å². The van der Waals surface area contributed by atoms with Gasteiger partial charge >= 0.3 is 12.2 Å². The monoisotopic (exact) mass is 544 g/mol. The van der Waals surface area contributed by atoms with Gasteiger partial charge in [0.25, 0.3) is 5.91 Å². The summed E-state index contributed by atoms with van der Waals surface area (Å²) in [6.07, 6.45) is -1.71. The molecule has 4 rings (SSSR count). The Balaban J connectivity index is 1.91. The maximum absolute atomic E-state index is 13.3. The van der Waals surface area contributed by atoms with Gasteiger partial charge in [-0.3, -0.25) is 14.9 Å². The number of hydrogen-bond acceptors (Lipinski definition) is 6. The highest BCUT2D eigenvalue weighted by molar-refractivity contribution is 7.13. The molecule has 1 aromatic carbocycles. The van der Waals surface area contributed by atoms with Crippen LogP contribution >= 0.6 is 11.3 Å². The lowest BCUT2D eigenvalue weighted by molar-refractivity contribution is -0.140. The van der Waals surface area contributed by atoms with E-state index in [1.54, 1.807) is 29.7 Å². The Morgan fingerprint density at radius 2 is 1.89 bits per heavy atom. The average molecular weight is 545 g/mol. The van der Waals surface area contributed by atoms with Gasteiger partial charge in [-0.05, 0) is 37.6 Å². The van der Waals surface area contributed by atoms with Crippen molar-refractivity contribution in [2.24, 2.45) is 0 Å². The molecule has 0 unspecified atom stereocenters. The number of fused-ring (bicyclic) bond motifs is 1. The Morgan fingerprint density at radius 3 is 2.53 bits per heavy atom. The van der Waals surface area contributed by atoms with Gasteiger partial charge in [0.1, 0.15) is 16.4 Å². The van der Waals surface area contributed by atoms with Crippen molar-refractivity contribution in [2.75, 3.05) is 18.9 Å². The highest BCUT2D eigenvalue weighted by atomic mass is 32.1. The van der Waals surface area contributed by atoms with E-state index in [9.17, 15) is 27.6 Å². The van der Waals surface area contributed by atoms with Crippen molar-refractivity contribution in [3.05, 3.63) is 63.5 Å². The van der Waals surface area contributed by atoms with E-state index in [4.69, 9.17) is 0 Å². The second kappa shape index (κ2) is 10.6. The van der Waals surface area contributed by atoms with Gasteiger partial charge in [0.15, 0.2) is 5.69 Å². The maximum Gasteiger partial charge on any atom is 0.434 e. The second-order valence-electron chi connectivity index (χ2n) is 8.10. The van der Waals surface area contributed by atoms with Crippen molar-refractivity contribution >= 4 is 40.0 Å². The summed E-state index contributed by atoms with van der Waals surface area (Å²) in [5.74, 6) is -0.381. The molecule has 0 atom stereocenters. The molecule has 198 valence electrons. The number of aryl methyl sites for hydroxylation is 1. The quantitative estimate of drug-likeness (QED) is 0.325. The first kappa shape index (κ1) is 26.8. The lowest BCUT2D eigenvalue weighted by atomic mass is 9.99. The minimum Gasteiger partial charge on any atom is -0.355 e. The normalized spacial score (nSPS) is 11.4. The first-order chi connectivity index (χ1) is 18.1. The van der Waals surface area contributed by atoms with Crippen LogP contribution in [-0.2, 0) is 12.7 Å². The van der Waals surface area contributed by atoms with Crippen molar-refractivity contribution in [2.45, 2.75) is 26.6 Å². The van der Waals surface area contributed by atoms with E-state index in [1.807, 2.05) is 6.92 Å². The number of alkyl halides is 3. The number of thiazole rings is 1. The number of nitrogens with zero attached hydrogens (tertiary/aromatic N) is 3. The summed E-state index contributed by atoms with van der Waals surface area (Å²) in [6.45, 7) is 4.42. The van der Waals surface area contributed by atoms with Crippen LogP contribution in [0, 0.1) is 0 Å². The molecule has 0 saturated heterocycles. The Kier molecular flexibility index (Phi) is 7.49. The Morgan fingerprint density at radius 1 is 1.13 bits per heavy atom. The van der Waals surface area contributed by atoms with Gasteiger partial charge in [-0.1, -0.05) is 6.07 Å². The van der Waals surface area contributed by atoms with Crippen molar-refractivity contribution in [1.82, 2.24) is 25.2 Å². The van der Waals surface area contributed by atoms with Gasteiger partial charge in [-0.15, -0.1) is 11.3 Å². The summed E-state index contributed by atoms with van der Waals surface area (Å²) in [5, 5.41) is 8.90. The Labute approximate surface area is 218 Å². The van der Waals surface area contributed by atoms with Gasteiger partial charge in [0.05, 0.1) is 5.52 Å². The van der Waals surface area contributed by atoms with E-state index in [0.717, 1.165) is 16.7 Å². The van der Waals surface area contributed by atoms with Crippen molar-refractivity contribution < 1.29 is 22.8 Å². The predicted molar refractivity (Wildman–Crippen MR) is 139 cm³/mol. The van der Waals surface area contributed by atoms with Crippen LogP contribution in [0.3, 0.4) is 0 Å². The molecule has 3 amide bonds. The number of aromatic nitrogens is 3. The number of carbonyl (C=O) groups is 2. The summed E-state index contributed by atoms with van der Waals surface area (Å²) in [6, 6.07) is 5.85. The molecule has 0 spiro atoms. The second-order valence-corrected chi connectivity index (χ2v) is 8.96. The molecule has 3 N–H and O–H groups in total. The fourth-order valence-corrected chi connectivity index (χ4v) is 4.75. The number of nitrogens with one attached hydrogen (secondary N) is 3. The largest absolute Gasteiger partial charge is 0.434 e. The number of anilines is 1. The zero-order chi connectivity index (χ0) is 27.6. The van der Waals surface area contributed by atoms with Gasteiger partial charge in [0.2, 0.25) is 5.43 Å². The van der Waals surface area contributed by atoms with Gasteiger partial charge < -0.3 is 15.2 Å². The summed E-state index contributed by atoms with van der Waals surface area (Å²) in [5.41, 5.74) is 0.390. The predicted octanol–water partition coefficient (Wildman–Crippen LogP) is 4.73. The van der Waals surface area contributed by atoms with Crippen molar-refractivity contribution in [3.8, 4) is 21.7 Å². The molecule has 3 heterocycles. The Bertz CT molecular complexity index is 1600. The van der Waals surface area contributed by atoms with Crippen molar-refractivity contribution in [3.63, 3.8) is 0 Å². The summed E-state index contributed by atoms with van der Waals surface area (Å²) >= 11 is 0.811. The number of hydrogen-bond donors (Lipinski definition) is 3. The van der Waals surface area contributed by atoms with Crippen molar-refractivity contribution in [1.29, 1.82) is 0 Å². The molecule has 0 fully saturated rings. The maximum atomic E-state index is 13.3. The third kappa shape index (κ3) is 5.23. The standard InChI is InChI=1S/C25H23F3N6O3S/c1-4-30-24(37)33-20-9-15(23-32-19(12-38-23)25(26,27)28)16(10-31-20)13-6-7-14-18(8-13)34(5-2)11-17(21(14)35)22(36)29-3/h6-12H,4-5H2,1-3H3,(H,29,36)(H2,30,31,33,37). The minimum atomic E-state index is -4.62. The van der Waals surface area contributed by atoms with Gasteiger partial charge in [0, 0.05) is 54.4 Å². The Hall–Kier alpha value is -4.26. The molecule has 0 saturated carbocycles. The molecule has 3 aromatic heterocycles. The SMILES string of the molecule is CCNC(=O)Nc1cc(-c2nc(C(F)(F)F)cs2)c(-c2ccc3c(=O)c(C(=O)NC)cn(CC)c3c2)cn1. The van der Waals surface area contributed by atoms with Crippen LogP contribution in [0.5, 0.6) is 0 Å². The summed E-state index contributed by atoms with van der Waals surface area (Å²) in [7, 11) is 1.44. The zero-order valence-corrected chi connectivity index (χ0v) is 21.4. The third-order valence-electron chi connectivity index (χ3n) is 5.71. The van der Waals surface area contributed by atoms with E-state index in [0.29, 0.717) is 40.7 Å². The van der Waals surface area contributed by atoms with E-state index in [2.05, 4.69) is 25.9 Å². The third-order valence-corrected chi connectivity index (χ3v) is 6.59. The van der Waals surface area contributed by atoms with Crippen LogP contribution in [0.2, 0.25) is 0 Å². The molecule has 0 aliphatic carbocycles. The fraction of sp³-hybridized carbons (Fsp3) is 0.240. The molecule has 0 bridgehead atoms. The number of urea groups is 1. The van der Waals surface area contributed by atoms with Crippen LogP contribution in [-0.4, -0.2) is 40.1 Å². The van der Waals surface area contributed by atoms with Crippen LogP contribution in [0.25, 0.3) is 32.6 Å². The number of carbonyl (C=O) groups excluding carboxylic acids is 2. The molecule has 13 heteroatoms. The number of rotatable bonds is 6. The minimum absolute atomic E-state index is 0.000189. The topological polar surface area (TPSA) is 118 Å². The lowest BCUT2D eigenvalue weighted by Crippen LogP contribution is -2.28. The van der Waals surface area contributed by atoms with Crippen LogP contribution < -0.4 is 21.4 Å². The average Bonchev–Trinajstić information content (AvgIpc) is 3.39. The molecule has 0 radical (unpaired) electrons. The summed E-state index contributed by atoms with van der Waals surface area (Å²) in [4.78, 5) is 45.3. The molecular formula is C25H23F3N6O3S. The first-order valence-electron chi connectivity index (χ1n) is 11.5. The first-order valence-corrected chi connectivity index (χ1v) is 12.4. The molecule has 9 nitrogen and oxygen atoms in total. The van der Waals surface area contributed by atoms with E-state index in [1.165, 1.54) is 25.5 Å². The summed E-state index contributed by atoms with van der Waals surface area (Å²) < 4.78 is 41.6. The van der Waals surface area contributed by atoms with Crippen LogP contribution in [0.4, 0.5) is 23.8 Å². The number of amides is 3. The van der Waals surface area contributed by atoms with Gasteiger partial charge in [-0.25, -0.2) is 14.8 Å². The van der Waals surface area contributed by atoms with E-state index in [-0.39, 0.29) is 16.4 Å². The fourth-order valence-electron chi connectivity index (χ4n) is 3.90. The molecule has 0 aliphatic heterocycles. The van der Waals surface area contributed by atoms with E-state index < -0.39 is 29.2 Å². The molecule has 38 heavy (non-hydrogen) atoms. The number of halogens is 3. The van der Waals surface area contributed by atoms with Crippen LogP contribution in [0.1, 0.15) is 29.9 Å². The lowest BCUT2D eigenvalue weighted by Gasteiger charge is -2.14. The zero-order valence-electron chi connectivity index (χ0n) is 20.6. The molecule has 4 aromatic rings. The smallest absolute Gasteiger partial charge is 0.355 e. The number of benzene rings is 1. The molecule has 0 aliphatic rings.